The zero-order chi connectivity index (χ0) is 51.6. The van der Waals surface area contributed by atoms with Gasteiger partial charge in [-0.1, -0.05) is 0 Å². The molecule has 0 bridgehead atoms. The van der Waals surface area contributed by atoms with Crippen LogP contribution in [0.25, 0.3) is 0 Å². The van der Waals surface area contributed by atoms with E-state index in [1.54, 1.807) is 0 Å². The van der Waals surface area contributed by atoms with E-state index in [1.807, 2.05) is 14.1 Å². The van der Waals surface area contributed by atoms with E-state index < -0.39 is 35.3 Å². The number of urea groups is 2. The van der Waals surface area contributed by atoms with E-state index in [1.165, 1.54) is 0 Å². The lowest BCUT2D eigenvalue weighted by Crippen LogP contribution is -2.68. The Morgan fingerprint density at radius 3 is 0.814 bits per heavy atom. The average molecular weight is 1010 g/mol. The number of aliphatic hydroxyl groups excluding tert-OH is 2. The number of amides is 6. The van der Waals surface area contributed by atoms with Crippen LogP contribution in [0.1, 0.15) is 81.1 Å². The molecule has 22 heteroatoms. The van der Waals surface area contributed by atoms with Crippen LogP contribution in [-0.2, 0) is 57.0 Å². The Bertz CT molecular complexity index is 1480. The number of β-amino-alcohol motifs (C(OH)–C–C–N with tert-alkyl or cyclic N) is 2. The molecule has 0 aromatic carbocycles. The highest BCUT2D eigenvalue weighted by Crippen LogP contribution is 2.46. The van der Waals surface area contributed by atoms with Gasteiger partial charge in [0.2, 0.25) is 0 Å². The molecule has 0 aromatic rings. The Labute approximate surface area is 415 Å². The van der Waals surface area contributed by atoms with Gasteiger partial charge in [0.15, 0.2) is 0 Å². The van der Waals surface area contributed by atoms with Crippen LogP contribution in [0.5, 0.6) is 0 Å². The van der Waals surface area contributed by atoms with Gasteiger partial charge >= 0.3 is 12.1 Å². The van der Waals surface area contributed by atoms with Crippen LogP contribution in [0.3, 0.4) is 0 Å². The first kappa shape index (κ1) is 59.9. The van der Waals surface area contributed by atoms with Gasteiger partial charge in [0.1, 0.15) is 11.1 Å². The standard InChI is InChI=1S/C48H88N6O16/c1-43(2)33-47(34-44(3,4)51(43)9)39(57)53(41(59)49-47)29-37(55)31-69-27-25-67-23-21-65-19-17-63-15-13-61-11-12-62-14-16-64-18-20-66-22-24-68-26-28-70-32-38(56)30-54-40(58)48(50-42(54)60)35-45(5,6)52(10)46(7,8)36-48/h37-38,55-56H,11-36H2,1-10H3,(H,49,59)(H,50,60). The van der Waals surface area contributed by atoms with E-state index in [9.17, 15) is 29.4 Å². The summed E-state index contributed by atoms with van der Waals surface area (Å²) in [5.74, 6) is -0.591. The topological polar surface area (TPSA) is 238 Å². The van der Waals surface area contributed by atoms with Crippen LogP contribution in [-0.4, -0.2) is 258 Å². The van der Waals surface area contributed by atoms with E-state index >= 15 is 0 Å². The first-order chi connectivity index (χ1) is 33.0. The second kappa shape index (κ2) is 27.6. The Morgan fingerprint density at radius 1 is 0.400 bits per heavy atom. The van der Waals surface area contributed by atoms with E-state index in [0.29, 0.717) is 131 Å². The van der Waals surface area contributed by atoms with Crippen molar-refractivity contribution in [1.82, 2.24) is 30.2 Å². The minimum Gasteiger partial charge on any atom is -0.389 e. The largest absolute Gasteiger partial charge is 0.389 e. The molecule has 0 saturated carbocycles. The minimum absolute atomic E-state index is 0.0326. The van der Waals surface area contributed by atoms with E-state index in [-0.39, 0.29) is 73.5 Å². The quantitative estimate of drug-likeness (QED) is 0.0512. The summed E-state index contributed by atoms with van der Waals surface area (Å²) < 4.78 is 55.2. The molecule has 6 amide bonds. The number of rotatable bonds is 35. The third-order valence-electron chi connectivity index (χ3n) is 13.8. The van der Waals surface area contributed by atoms with Crippen molar-refractivity contribution >= 4 is 23.9 Å². The lowest BCUT2D eigenvalue weighted by molar-refractivity contribution is -0.141. The van der Waals surface area contributed by atoms with Crippen molar-refractivity contribution in [1.29, 1.82) is 0 Å². The van der Waals surface area contributed by atoms with Crippen molar-refractivity contribution in [2.24, 2.45) is 0 Å². The molecule has 4 N–H and O–H groups in total. The molecule has 406 valence electrons. The summed E-state index contributed by atoms with van der Waals surface area (Å²) >= 11 is 0. The second-order valence-corrected chi connectivity index (χ2v) is 21.3. The Morgan fingerprint density at radius 2 is 0.600 bits per heavy atom. The number of nitrogens with one attached hydrogen (secondary N) is 2. The fourth-order valence-corrected chi connectivity index (χ4v) is 10.2. The Balaban J connectivity index is 0.834. The summed E-state index contributed by atoms with van der Waals surface area (Å²) in [6.07, 6.45) is -0.0919. The maximum absolute atomic E-state index is 13.5. The summed E-state index contributed by atoms with van der Waals surface area (Å²) in [7, 11) is 4.08. The minimum atomic E-state index is -1.02. The number of aliphatic hydroxyl groups is 2. The number of imide groups is 2. The van der Waals surface area contributed by atoms with E-state index in [4.69, 9.17) is 47.4 Å². The molecule has 0 aromatic heterocycles. The number of nitrogens with zero attached hydrogens (tertiary/aromatic N) is 4. The SMILES string of the molecule is CN1C(C)(C)CC2(CC1(C)C)NC(=O)N(CC(O)COCCOCCOCCOCCOCCOCCOCCOCCOCCOCC(O)CN1C(=O)NC3(CC(C)(C)N(C)C(C)(C)C3)C1=O)C2=O. The molecule has 4 saturated heterocycles. The zero-order valence-electron chi connectivity index (χ0n) is 43.9. The van der Waals surface area contributed by atoms with Gasteiger partial charge in [-0.2, -0.15) is 0 Å². The Kier molecular flexibility index (Phi) is 23.6. The normalized spacial score (nSPS) is 22.3. The van der Waals surface area contributed by atoms with Gasteiger partial charge in [-0.05, 0) is 95.2 Å². The first-order valence-corrected chi connectivity index (χ1v) is 24.9. The van der Waals surface area contributed by atoms with Crippen LogP contribution in [0, 0.1) is 0 Å². The first-order valence-electron chi connectivity index (χ1n) is 24.9. The fraction of sp³-hybridized carbons (Fsp3) is 0.917. The third kappa shape index (κ3) is 17.5. The number of likely N-dealkylation sites (tertiary alicyclic amines) is 2. The highest BCUT2D eigenvalue weighted by Gasteiger charge is 2.62. The molecular weight excluding hydrogens is 917 g/mol. The van der Waals surface area contributed by atoms with Crippen molar-refractivity contribution in [2.75, 3.05) is 159 Å². The molecule has 0 aliphatic carbocycles. The number of piperidine rings is 2. The molecular formula is C48H88N6O16. The molecule has 4 rings (SSSR count). The summed E-state index contributed by atoms with van der Waals surface area (Å²) in [4.78, 5) is 59.3. The van der Waals surface area contributed by atoms with Gasteiger partial charge in [0.25, 0.3) is 11.8 Å². The maximum Gasteiger partial charge on any atom is 0.325 e. The lowest BCUT2D eigenvalue weighted by Gasteiger charge is -2.56. The second-order valence-electron chi connectivity index (χ2n) is 21.3. The van der Waals surface area contributed by atoms with Crippen LogP contribution < -0.4 is 10.6 Å². The molecule has 2 atom stereocenters. The van der Waals surface area contributed by atoms with Gasteiger partial charge in [-0.25, -0.2) is 9.59 Å². The summed E-state index contributed by atoms with van der Waals surface area (Å²) in [6, 6.07) is -0.962. The monoisotopic (exact) mass is 1000 g/mol. The molecule has 2 unspecified atom stereocenters. The zero-order valence-corrected chi connectivity index (χ0v) is 43.9. The van der Waals surface area contributed by atoms with Crippen LogP contribution in [0.4, 0.5) is 9.59 Å². The van der Waals surface area contributed by atoms with Gasteiger partial charge in [0.05, 0.1) is 157 Å². The van der Waals surface area contributed by atoms with Gasteiger partial charge in [0, 0.05) is 22.2 Å². The molecule has 4 heterocycles. The van der Waals surface area contributed by atoms with Gasteiger partial charge in [-0.15, -0.1) is 0 Å². The van der Waals surface area contributed by atoms with Crippen LogP contribution >= 0.6 is 0 Å². The summed E-state index contributed by atoms with van der Waals surface area (Å²) in [5.41, 5.74) is -3.18. The molecule has 4 aliphatic heterocycles. The molecule has 70 heavy (non-hydrogen) atoms. The number of hydrogen-bond donors (Lipinski definition) is 4. The molecule has 4 aliphatic rings. The maximum atomic E-state index is 13.5. The average Bonchev–Trinajstić information content (AvgIpc) is 3.61. The Hall–Kier alpha value is -2.68. The van der Waals surface area contributed by atoms with Crippen molar-refractivity contribution < 1.29 is 76.8 Å². The van der Waals surface area contributed by atoms with E-state index in [0.717, 1.165) is 9.80 Å². The number of hydrogen-bond acceptors (Lipinski definition) is 18. The number of carbonyl (C=O) groups is 4. The molecule has 0 radical (unpaired) electrons. The van der Waals surface area contributed by atoms with Crippen molar-refractivity contribution in [3.63, 3.8) is 0 Å². The predicted molar refractivity (Wildman–Crippen MR) is 256 cm³/mol. The van der Waals surface area contributed by atoms with Crippen LogP contribution in [0.2, 0.25) is 0 Å². The highest BCUT2D eigenvalue weighted by molar-refractivity contribution is 6.08. The van der Waals surface area contributed by atoms with Crippen LogP contribution in [0.15, 0.2) is 0 Å². The van der Waals surface area contributed by atoms with Crippen molar-refractivity contribution in [3.05, 3.63) is 0 Å². The summed E-state index contributed by atoms with van der Waals surface area (Å²) in [6.45, 7) is 23.2. The molecule has 2 spiro atoms. The lowest BCUT2D eigenvalue weighted by atomic mass is 9.69. The fourth-order valence-electron chi connectivity index (χ4n) is 10.2. The third-order valence-corrected chi connectivity index (χ3v) is 13.8. The predicted octanol–water partition coefficient (Wildman–Crippen LogP) is 1.02. The van der Waals surface area contributed by atoms with Gasteiger partial charge < -0.3 is 68.2 Å². The smallest absolute Gasteiger partial charge is 0.325 e. The number of ether oxygens (including phenoxy) is 10. The number of carbonyl (C=O) groups excluding carboxylic acids is 4. The van der Waals surface area contributed by atoms with E-state index in [2.05, 4.69) is 75.8 Å². The summed E-state index contributed by atoms with van der Waals surface area (Å²) in [5, 5.41) is 26.9. The van der Waals surface area contributed by atoms with Crippen molar-refractivity contribution in [2.45, 2.75) is 127 Å². The van der Waals surface area contributed by atoms with Gasteiger partial charge in [-0.3, -0.25) is 29.2 Å². The highest BCUT2D eigenvalue weighted by atomic mass is 16.6. The molecule has 4 fully saturated rings. The van der Waals surface area contributed by atoms with Crippen molar-refractivity contribution in [3.8, 4) is 0 Å². The molecule has 22 nitrogen and oxygen atoms in total.